The van der Waals surface area contributed by atoms with Crippen LogP contribution < -0.4 is 14.7 Å². The molecule has 2 unspecified atom stereocenters. The molecule has 3 aliphatic heterocycles. The van der Waals surface area contributed by atoms with Crippen LogP contribution in [0.2, 0.25) is 0 Å². The van der Waals surface area contributed by atoms with E-state index in [1.165, 1.54) is 51.7 Å². The maximum Gasteiger partial charge on any atom is 0.131 e. The minimum atomic E-state index is 0.296. The first-order chi connectivity index (χ1) is 16.1. The number of anilines is 3. The molecular weight excluding hydrogens is 408 g/mol. The number of aromatic nitrogens is 3. The molecule has 0 spiro atoms. The largest absolute Gasteiger partial charge is 0.374 e. The van der Waals surface area contributed by atoms with Crippen molar-refractivity contribution in [2.75, 3.05) is 48.9 Å². The van der Waals surface area contributed by atoms with Crippen LogP contribution in [-0.4, -0.2) is 49.2 Å². The molecule has 170 valence electrons. The van der Waals surface area contributed by atoms with E-state index < -0.39 is 0 Å². The molecule has 6 heteroatoms. The Morgan fingerprint density at radius 2 is 1.79 bits per heavy atom. The van der Waals surface area contributed by atoms with Crippen molar-refractivity contribution in [2.45, 2.75) is 44.1 Å². The quantitative estimate of drug-likeness (QED) is 0.597. The highest BCUT2D eigenvalue weighted by Gasteiger charge is 2.30. The average molecular weight is 441 g/mol. The van der Waals surface area contributed by atoms with Gasteiger partial charge in [0.1, 0.15) is 5.82 Å². The van der Waals surface area contributed by atoms with Crippen LogP contribution in [0.1, 0.15) is 52.9 Å². The van der Waals surface area contributed by atoms with Gasteiger partial charge in [-0.2, -0.15) is 0 Å². The molecular formula is C27H32N6. The lowest BCUT2D eigenvalue weighted by Crippen LogP contribution is -2.33. The Morgan fingerprint density at radius 1 is 0.879 bits per heavy atom. The molecule has 2 atom stereocenters. The second-order valence-electron chi connectivity index (χ2n) is 9.93. The molecule has 0 fully saturated rings. The van der Waals surface area contributed by atoms with Gasteiger partial charge in [-0.25, -0.2) is 4.98 Å². The van der Waals surface area contributed by atoms with Crippen LogP contribution in [0.3, 0.4) is 0 Å². The van der Waals surface area contributed by atoms with Crippen molar-refractivity contribution in [2.24, 2.45) is 0 Å². The number of rotatable bonds is 2. The van der Waals surface area contributed by atoms with Gasteiger partial charge in [-0.3, -0.25) is 9.97 Å². The second kappa shape index (κ2) is 8.01. The predicted octanol–water partition coefficient (Wildman–Crippen LogP) is 4.15. The van der Waals surface area contributed by atoms with Crippen molar-refractivity contribution in [3.63, 3.8) is 0 Å². The predicted molar refractivity (Wildman–Crippen MR) is 133 cm³/mol. The van der Waals surface area contributed by atoms with Crippen LogP contribution in [0.5, 0.6) is 0 Å². The highest BCUT2D eigenvalue weighted by molar-refractivity contribution is 5.59. The van der Waals surface area contributed by atoms with Gasteiger partial charge in [-0.15, -0.1) is 0 Å². The smallest absolute Gasteiger partial charge is 0.131 e. The summed E-state index contributed by atoms with van der Waals surface area (Å²) >= 11 is 0. The minimum Gasteiger partial charge on any atom is -0.374 e. The molecule has 6 rings (SSSR count). The Morgan fingerprint density at radius 3 is 2.70 bits per heavy atom. The Hall–Kier alpha value is -3.15. The third-order valence-electron chi connectivity index (χ3n) is 7.81. The maximum absolute atomic E-state index is 5.11. The van der Waals surface area contributed by atoms with E-state index in [9.17, 15) is 0 Å². The lowest BCUT2D eigenvalue weighted by molar-refractivity contribution is 0.562. The summed E-state index contributed by atoms with van der Waals surface area (Å²) in [4.78, 5) is 21.5. The maximum atomic E-state index is 5.11. The Labute approximate surface area is 196 Å². The molecule has 3 aliphatic rings. The number of hydrogen-bond acceptors (Lipinski definition) is 6. The molecule has 0 bridgehead atoms. The van der Waals surface area contributed by atoms with E-state index in [4.69, 9.17) is 9.97 Å². The van der Waals surface area contributed by atoms with E-state index in [2.05, 4.69) is 71.3 Å². The van der Waals surface area contributed by atoms with Crippen molar-refractivity contribution in [1.29, 1.82) is 0 Å². The fourth-order valence-electron chi connectivity index (χ4n) is 5.97. The van der Waals surface area contributed by atoms with Crippen molar-refractivity contribution >= 4 is 17.2 Å². The summed E-state index contributed by atoms with van der Waals surface area (Å²) in [6, 6.07) is 9.31. The van der Waals surface area contributed by atoms with Crippen molar-refractivity contribution in [1.82, 2.24) is 15.0 Å². The van der Waals surface area contributed by atoms with Crippen LogP contribution in [-0.2, 0) is 19.3 Å². The molecule has 0 amide bonds. The molecule has 3 aromatic rings. The zero-order valence-corrected chi connectivity index (χ0v) is 19.8. The monoisotopic (exact) mass is 440 g/mol. The fourth-order valence-corrected chi connectivity index (χ4v) is 5.97. The lowest BCUT2D eigenvalue weighted by atomic mass is 9.88. The summed E-state index contributed by atoms with van der Waals surface area (Å²) < 4.78 is 0. The van der Waals surface area contributed by atoms with E-state index in [1.807, 2.05) is 12.4 Å². The number of hydrogen-bond donors (Lipinski definition) is 0. The topological polar surface area (TPSA) is 48.4 Å². The van der Waals surface area contributed by atoms with E-state index in [0.717, 1.165) is 38.8 Å². The third-order valence-corrected chi connectivity index (χ3v) is 7.81. The first-order valence-electron chi connectivity index (χ1n) is 12.1. The molecule has 6 heterocycles. The molecule has 0 aliphatic carbocycles. The number of nitrogens with zero attached hydrogens (tertiary/aromatic N) is 6. The van der Waals surface area contributed by atoms with Gasteiger partial charge in [-0.1, -0.05) is 6.07 Å². The van der Waals surface area contributed by atoms with Crippen LogP contribution in [0.25, 0.3) is 0 Å². The Bertz CT molecular complexity index is 1190. The molecule has 0 saturated carbocycles. The van der Waals surface area contributed by atoms with Gasteiger partial charge >= 0.3 is 0 Å². The van der Waals surface area contributed by atoms with Crippen LogP contribution >= 0.6 is 0 Å². The highest BCUT2D eigenvalue weighted by Crippen LogP contribution is 2.40. The third kappa shape index (κ3) is 3.52. The van der Waals surface area contributed by atoms with Gasteiger partial charge in [0.15, 0.2) is 0 Å². The molecule has 6 nitrogen and oxygen atoms in total. The normalized spacial score (nSPS) is 22.0. The molecule has 0 radical (unpaired) electrons. The van der Waals surface area contributed by atoms with Gasteiger partial charge in [0, 0.05) is 63.9 Å². The number of likely N-dealkylation sites (N-methyl/N-ethyl adjacent to an activating group) is 1. The first-order valence-corrected chi connectivity index (χ1v) is 12.1. The van der Waals surface area contributed by atoms with Crippen molar-refractivity contribution in [3.8, 4) is 0 Å². The van der Waals surface area contributed by atoms with E-state index in [-0.39, 0.29) is 0 Å². The number of fused-ring (bicyclic) bond motifs is 3. The van der Waals surface area contributed by atoms with Gasteiger partial charge in [0.05, 0.1) is 23.6 Å². The average Bonchev–Trinajstić information content (AvgIpc) is 2.84. The Balaban J connectivity index is 1.26. The summed E-state index contributed by atoms with van der Waals surface area (Å²) in [5, 5.41) is 0. The van der Waals surface area contributed by atoms with Gasteiger partial charge in [-0.05, 0) is 67.0 Å². The second-order valence-corrected chi connectivity index (χ2v) is 9.93. The van der Waals surface area contributed by atoms with Gasteiger partial charge in [0.2, 0.25) is 0 Å². The molecule has 3 aromatic heterocycles. The van der Waals surface area contributed by atoms with E-state index in [0.29, 0.717) is 12.0 Å². The molecule has 0 saturated heterocycles. The molecule has 0 aromatic carbocycles. The van der Waals surface area contributed by atoms with Crippen LogP contribution in [0.4, 0.5) is 17.2 Å². The number of pyridine rings is 3. The minimum absolute atomic E-state index is 0.296. The molecule has 0 N–H and O–H groups in total. The SMILES string of the molecule is CN1CC(c2cc3c(cn2)N(C)C(c2ccc4c(n2)N(C)CCC4)CC3)Cc2cnccc21. The summed E-state index contributed by atoms with van der Waals surface area (Å²) in [5.74, 6) is 1.57. The fraction of sp³-hybridized carbons (Fsp3) is 0.444. The molecule has 33 heavy (non-hydrogen) atoms. The standard InChI is InChI=1S/C27H32N6/c1-31-12-4-5-18-6-8-22(30-27(18)31)25-9-7-19-14-23(29-16-26(19)33(25)3)21-13-20-15-28-11-10-24(20)32(2)17-21/h6,8,10-11,14-16,21,25H,4-5,7,9,12-13,17H2,1-3H3. The van der Waals surface area contributed by atoms with Gasteiger partial charge in [0.25, 0.3) is 0 Å². The van der Waals surface area contributed by atoms with Crippen molar-refractivity contribution in [3.05, 3.63) is 70.9 Å². The van der Waals surface area contributed by atoms with E-state index >= 15 is 0 Å². The highest BCUT2D eigenvalue weighted by atomic mass is 15.2. The lowest BCUT2D eigenvalue weighted by Gasteiger charge is -2.37. The van der Waals surface area contributed by atoms with Crippen LogP contribution in [0.15, 0.2) is 42.9 Å². The summed E-state index contributed by atoms with van der Waals surface area (Å²) in [6.07, 6.45) is 11.5. The van der Waals surface area contributed by atoms with Crippen LogP contribution in [0, 0.1) is 0 Å². The summed E-state index contributed by atoms with van der Waals surface area (Å²) in [6.45, 7) is 2.09. The first kappa shape index (κ1) is 20.5. The zero-order valence-electron chi connectivity index (χ0n) is 19.8. The Kier molecular flexibility index (Phi) is 4.97. The number of aryl methyl sites for hydroxylation is 2. The summed E-state index contributed by atoms with van der Waals surface area (Å²) in [7, 11) is 6.53. The zero-order chi connectivity index (χ0) is 22.5. The summed E-state index contributed by atoms with van der Waals surface area (Å²) in [5.41, 5.74) is 9.03. The van der Waals surface area contributed by atoms with Crippen molar-refractivity contribution < 1.29 is 0 Å². The van der Waals surface area contributed by atoms with E-state index in [1.54, 1.807) is 0 Å². The van der Waals surface area contributed by atoms with Gasteiger partial charge < -0.3 is 14.7 Å².